The topological polar surface area (TPSA) is 21.3 Å². The number of hydrogen-bond donors (Lipinski definition) is 1. The first-order valence-electron chi connectivity index (χ1n) is 6.84. The minimum atomic E-state index is -2.79. The van der Waals surface area contributed by atoms with E-state index in [1.54, 1.807) is 24.3 Å². The Hall–Kier alpha value is -2.10. The van der Waals surface area contributed by atoms with Gasteiger partial charge in [-0.1, -0.05) is 24.3 Å². The van der Waals surface area contributed by atoms with E-state index in [4.69, 9.17) is 0 Å². The third-order valence-electron chi connectivity index (χ3n) is 3.37. The monoisotopic (exact) mass is 291 g/mol. The molecule has 0 heterocycles. The fourth-order valence-electron chi connectivity index (χ4n) is 2.15. The van der Waals surface area contributed by atoms with Crippen molar-refractivity contribution in [3.05, 3.63) is 59.2 Å². The second-order valence-corrected chi connectivity index (χ2v) is 5.13. The molecule has 4 heteroatoms. The summed E-state index contributed by atoms with van der Waals surface area (Å²) in [6.45, 7) is 3.34. The van der Waals surface area contributed by atoms with Crippen LogP contribution in [0.1, 0.15) is 29.7 Å². The van der Waals surface area contributed by atoms with Gasteiger partial charge in [-0.2, -0.15) is 8.78 Å². The standard InChI is InChI=1S/C17H19F2NO/c1-11-4-5-12(2)16(10-11)20-13(3)14-6-8-15(9-7-14)21-17(18)19/h4-10,13,17,20H,1-3H3. The molecule has 0 aromatic heterocycles. The molecule has 0 fully saturated rings. The number of alkyl halides is 2. The second-order valence-electron chi connectivity index (χ2n) is 5.13. The van der Waals surface area contributed by atoms with Crippen molar-refractivity contribution in [1.29, 1.82) is 0 Å². The van der Waals surface area contributed by atoms with Crippen LogP contribution in [0, 0.1) is 13.8 Å². The lowest BCUT2D eigenvalue weighted by Crippen LogP contribution is -2.08. The smallest absolute Gasteiger partial charge is 0.387 e. The summed E-state index contributed by atoms with van der Waals surface area (Å²) in [6, 6.07) is 13.0. The first kappa shape index (κ1) is 15.3. The Morgan fingerprint density at radius 2 is 1.67 bits per heavy atom. The van der Waals surface area contributed by atoms with Gasteiger partial charge in [0.05, 0.1) is 0 Å². The van der Waals surface area contributed by atoms with Crippen LogP contribution in [-0.4, -0.2) is 6.61 Å². The predicted octanol–water partition coefficient (Wildman–Crippen LogP) is 5.08. The summed E-state index contributed by atoms with van der Waals surface area (Å²) >= 11 is 0. The minimum Gasteiger partial charge on any atom is -0.435 e. The summed E-state index contributed by atoms with van der Waals surface area (Å²) in [6.07, 6.45) is 0. The molecule has 0 saturated carbocycles. The van der Waals surface area contributed by atoms with Gasteiger partial charge < -0.3 is 10.1 Å². The second kappa shape index (κ2) is 6.57. The van der Waals surface area contributed by atoms with E-state index >= 15 is 0 Å². The van der Waals surface area contributed by atoms with Crippen molar-refractivity contribution in [2.75, 3.05) is 5.32 Å². The van der Waals surface area contributed by atoms with Crippen LogP contribution in [0.2, 0.25) is 0 Å². The summed E-state index contributed by atoms with van der Waals surface area (Å²) in [5, 5.41) is 3.44. The highest BCUT2D eigenvalue weighted by Crippen LogP contribution is 2.25. The van der Waals surface area contributed by atoms with Gasteiger partial charge in [-0.15, -0.1) is 0 Å². The summed E-state index contributed by atoms with van der Waals surface area (Å²) in [5.41, 5.74) is 4.45. The first-order chi connectivity index (χ1) is 9.95. The summed E-state index contributed by atoms with van der Waals surface area (Å²) < 4.78 is 28.6. The zero-order chi connectivity index (χ0) is 15.4. The van der Waals surface area contributed by atoms with E-state index in [1.807, 2.05) is 20.8 Å². The fourth-order valence-corrected chi connectivity index (χ4v) is 2.15. The maximum atomic E-state index is 12.1. The van der Waals surface area contributed by atoms with E-state index in [-0.39, 0.29) is 11.8 Å². The average molecular weight is 291 g/mol. The molecule has 2 nitrogen and oxygen atoms in total. The SMILES string of the molecule is Cc1ccc(C)c(NC(C)c2ccc(OC(F)F)cc2)c1. The van der Waals surface area contributed by atoms with Gasteiger partial charge in [0.1, 0.15) is 5.75 Å². The molecule has 21 heavy (non-hydrogen) atoms. The summed E-state index contributed by atoms with van der Waals surface area (Å²) in [5.74, 6) is 0.174. The Bertz CT molecular complexity index is 596. The Labute approximate surface area is 123 Å². The van der Waals surface area contributed by atoms with E-state index in [2.05, 4.69) is 28.3 Å². The van der Waals surface area contributed by atoms with Crippen LogP contribution in [0.15, 0.2) is 42.5 Å². The molecule has 2 aromatic rings. The van der Waals surface area contributed by atoms with Gasteiger partial charge in [-0.05, 0) is 55.7 Å². The molecule has 1 unspecified atom stereocenters. The number of aryl methyl sites for hydroxylation is 2. The normalized spacial score (nSPS) is 12.3. The zero-order valence-corrected chi connectivity index (χ0v) is 12.4. The van der Waals surface area contributed by atoms with Crippen LogP contribution in [0.25, 0.3) is 0 Å². The molecule has 0 spiro atoms. The van der Waals surface area contributed by atoms with E-state index in [9.17, 15) is 8.78 Å². The Morgan fingerprint density at radius 3 is 2.29 bits per heavy atom. The van der Waals surface area contributed by atoms with E-state index in [0.717, 1.165) is 11.3 Å². The Kier molecular flexibility index (Phi) is 4.78. The maximum absolute atomic E-state index is 12.1. The lowest BCUT2D eigenvalue weighted by Gasteiger charge is -2.18. The third kappa shape index (κ3) is 4.18. The van der Waals surface area contributed by atoms with Gasteiger partial charge in [-0.25, -0.2) is 0 Å². The van der Waals surface area contributed by atoms with Crippen molar-refractivity contribution in [3.8, 4) is 5.75 Å². The quantitative estimate of drug-likeness (QED) is 0.829. The molecule has 2 aromatic carbocycles. The number of hydrogen-bond acceptors (Lipinski definition) is 2. The van der Waals surface area contributed by atoms with Gasteiger partial charge in [-0.3, -0.25) is 0 Å². The van der Waals surface area contributed by atoms with Crippen LogP contribution in [0.4, 0.5) is 14.5 Å². The Balaban J connectivity index is 2.09. The zero-order valence-electron chi connectivity index (χ0n) is 12.4. The molecule has 0 amide bonds. The van der Waals surface area contributed by atoms with Crippen LogP contribution in [0.5, 0.6) is 5.75 Å². The molecule has 0 radical (unpaired) electrons. The minimum absolute atomic E-state index is 0.0751. The molecular weight excluding hydrogens is 272 g/mol. The van der Waals surface area contributed by atoms with Crippen molar-refractivity contribution in [3.63, 3.8) is 0 Å². The number of benzene rings is 2. The highest BCUT2D eigenvalue weighted by atomic mass is 19.3. The highest BCUT2D eigenvalue weighted by Gasteiger charge is 2.09. The highest BCUT2D eigenvalue weighted by molar-refractivity contribution is 5.54. The van der Waals surface area contributed by atoms with E-state index in [0.29, 0.717) is 0 Å². The molecule has 2 rings (SSSR count). The van der Waals surface area contributed by atoms with E-state index in [1.165, 1.54) is 11.1 Å². The molecule has 0 saturated heterocycles. The number of ether oxygens (including phenoxy) is 1. The summed E-state index contributed by atoms with van der Waals surface area (Å²) in [4.78, 5) is 0. The number of halogens is 2. The lowest BCUT2D eigenvalue weighted by molar-refractivity contribution is -0.0498. The van der Waals surface area contributed by atoms with Crippen LogP contribution < -0.4 is 10.1 Å². The molecule has 0 aliphatic rings. The molecule has 112 valence electrons. The van der Waals surface area contributed by atoms with Crippen LogP contribution in [0.3, 0.4) is 0 Å². The molecule has 1 N–H and O–H groups in total. The van der Waals surface area contributed by atoms with Crippen molar-refractivity contribution in [2.24, 2.45) is 0 Å². The summed E-state index contributed by atoms with van der Waals surface area (Å²) in [7, 11) is 0. The van der Waals surface area contributed by atoms with Gasteiger partial charge in [0.25, 0.3) is 0 Å². The van der Waals surface area contributed by atoms with Crippen molar-refractivity contribution in [1.82, 2.24) is 0 Å². The predicted molar refractivity (Wildman–Crippen MR) is 81.0 cm³/mol. The molecule has 1 atom stereocenters. The molecule has 0 aliphatic carbocycles. The fraction of sp³-hybridized carbons (Fsp3) is 0.294. The molecular formula is C17H19F2NO. The average Bonchev–Trinajstić information content (AvgIpc) is 2.43. The van der Waals surface area contributed by atoms with Gasteiger partial charge >= 0.3 is 6.61 Å². The molecule has 0 bridgehead atoms. The third-order valence-corrected chi connectivity index (χ3v) is 3.37. The number of nitrogens with one attached hydrogen (secondary N) is 1. The largest absolute Gasteiger partial charge is 0.435 e. The number of anilines is 1. The van der Waals surface area contributed by atoms with Crippen molar-refractivity contribution < 1.29 is 13.5 Å². The maximum Gasteiger partial charge on any atom is 0.387 e. The number of rotatable bonds is 5. The molecule has 0 aliphatic heterocycles. The van der Waals surface area contributed by atoms with Crippen molar-refractivity contribution >= 4 is 5.69 Å². The van der Waals surface area contributed by atoms with Gasteiger partial charge in [0.2, 0.25) is 0 Å². The van der Waals surface area contributed by atoms with Crippen molar-refractivity contribution in [2.45, 2.75) is 33.4 Å². The van der Waals surface area contributed by atoms with Crippen LogP contribution >= 0.6 is 0 Å². The first-order valence-corrected chi connectivity index (χ1v) is 6.84. The Morgan fingerprint density at radius 1 is 1.00 bits per heavy atom. The van der Waals surface area contributed by atoms with Crippen LogP contribution in [-0.2, 0) is 0 Å². The lowest BCUT2D eigenvalue weighted by atomic mass is 10.1. The van der Waals surface area contributed by atoms with E-state index < -0.39 is 6.61 Å². The van der Waals surface area contributed by atoms with Gasteiger partial charge in [0, 0.05) is 11.7 Å². The van der Waals surface area contributed by atoms with Gasteiger partial charge in [0.15, 0.2) is 0 Å².